The van der Waals surface area contributed by atoms with Gasteiger partial charge in [-0.25, -0.2) is 4.79 Å². The Bertz CT molecular complexity index is 373. The first kappa shape index (κ1) is 12.7. The fraction of sp³-hybridized carbons (Fsp3) is 0.600. The molecule has 0 saturated carbocycles. The first-order chi connectivity index (χ1) is 7.71. The molecule has 6 heteroatoms. The average Bonchev–Trinajstić information content (AvgIpc) is 2.32. The molecule has 0 aliphatic heterocycles. The summed E-state index contributed by atoms with van der Waals surface area (Å²) in [7, 11) is 2.98. The van der Waals surface area contributed by atoms with Crippen LogP contribution in [0.4, 0.5) is 0 Å². The predicted molar refractivity (Wildman–Crippen MR) is 57.5 cm³/mol. The molecule has 16 heavy (non-hydrogen) atoms. The topological polar surface area (TPSA) is 73.6 Å². The molecule has 6 nitrogen and oxygen atoms in total. The van der Waals surface area contributed by atoms with Crippen molar-refractivity contribution in [2.45, 2.75) is 19.1 Å². The predicted octanol–water partition coefficient (Wildman–Crippen LogP) is -0.351. The number of hydrogen-bond acceptors (Lipinski definition) is 5. The average molecular weight is 228 g/mol. The molecule has 1 N–H and O–H groups in total. The maximum Gasteiger partial charge on any atom is 0.350 e. The van der Waals surface area contributed by atoms with Gasteiger partial charge in [-0.1, -0.05) is 0 Å². The van der Waals surface area contributed by atoms with E-state index < -0.39 is 0 Å². The Labute approximate surface area is 93.5 Å². The van der Waals surface area contributed by atoms with Crippen molar-refractivity contribution in [3.05, 3.63) is 22.7 Å². The number of aryl methyl sites for hydroxylation is 1. The Hall–Kier alpha value is -1.40. The lowest BCUT2D eigenvalue weighted by atomic mass is 10.2. The van der Waals surface area contributed by atoms with Crippen LogP contribution >= 0.6 is 0 Å². The summed E-state index contributed by atoms with van der Waals surface area (Å²) in [6, 6.07) is 1.61. The molecule has 1 aromatic rings. The van der Waals surface area contributed by atoms with Crippen LogP contribution in [0.3, 0.4) is 0 Å². The maximum atomic E-state index is 11.5. The largest absolute Gasteiger partial charge is 0.481 e. The summed E-state index contributed by atoms with van der Waals surface area (Å²) in [4.78, 5) is 15.2. The van der Waals surface area contributed by atoms with Gasteiger partial charge in [0, 0.05) is 25.9 Å². The van der Waals surface area contributed by atoms with Crippen LogP contribution in [0, 0.1) is 0 Å². The Morgan fingerprint density at radius 1 is 1.56 bits per heavy atom. The van der Waals surface area contributed by atoms with Gasteiger partial charge in [0.15, 0.2) is 0 Å². The second-order valence-electron chi connectivity index (χ2n) is 3.27. The third-order valence-electron chi connectivity index (χ3n) is 2.29. The van der Waals surface area contributed by atoms with E-state index >= 15 is 0 Å². The van der Waals surface area contributed by atoms with Crippen molar-refractivity contribution in [3.8, 4) is 5.88 Å². The van der Waals surface area contributed by atoms with E-state index in [2.05, 4.69) is 4.98 Å². The van der Waals surface area contributed by atoms with Crippen LogP contribution in [-0.2, 0) is 11.3 Å². The van der Waals surface area contributed by atoms with Crippen molar-refractivity contribution in [3.63, 3.8) is 0 Å². The molecule has 0 aliphatic carbocycles. The summed E-state index contributed by atoms with van der Waals surface area (Å²) in [5.74, 6) is 0.298. The number of aromatic nitrogens is 2. The van der Waals surface area contributed by atoms with Crippen LogP contribution < -0.4 is 10.4 Å². The van der Waals surface area contributed by atoms with E-state index in [1.54, 1.807) is 12.3 Å². The molecule has 0 fully saturated rings. The SMILES string of the molecule is COc1ccn(CCC(CO)OC)c(=O)n1. The quantitative estimate of drug-likeness (QED) is 0.720. The summed E-state index contributed by atoms with van der Waals surface area (Å²) in [6.45, 7) is 0.393. The smallest absolute Gasteiger partial charge is 0.350 e. The summed E-state index contributed by atoms with van der Waals surface area (Å²) in [5, 5.41) is 8.91. The van der Waals surface area contributed by atoms with E-state index in [-0.39, 0.29) is 18.4 Å². The van der Waals surface area contributed by atoms with Crippen LogP contribution in [0.15, 0.2) is 17.1 Å². The zero-order valence-corrected chi connectivity index (χ0v) is 9.42. The highest BCUT2D eigenvalue weighted by Crippen LogP contribution is 2.01. The number of hydrogen-bond donors (Lipinski definition) is 1. The van der Waals surface area contributed by atoms with Crippen molar-refractivity contribution in [1.29, 1.82) is 0 Å². The Morgan fingerprint density at radius 2 is 2.31 bits per heavy atom. The van der Waals surface area contributed by atoms with Crippen LogP contribution in [0.2, 0.25) is 0 Å². The maximum absolute atomic E-state index is 11.5. The molecule has 0 saturated heterocycles. The number of nitrogens with zero attached hydrogens (tertiary/aromatic N) is 2. The van der Waals surface area contributed by atoms with Gasteiger partial charge in [-0.2, -0.15) is 4.98 Å². The van der Waals surface area contributed by atoms with E-state index in [4.69, 9.17) is 14.6 Å². The third kappa shape index (κ3) is 3.32. The van der Waals surface area contributed by atoms with Gasteiger partial charge >= 0.3 is 5.69 Å². The van der Waals surface area contributed by atoms with E-state index in [1.165, 1.54) is 18.8 Å². The van der Waals surface area contributed by atoms with Gasteiger partial charge in [0.25, 0.3) is 0 Å². The van der Waals surface area contributed by atoms with Gasteiger partial charge in [-0.05, 0) is 6.42 Å². The zero-order chi connectivity index (χ0) is 12.0. The summed E-state index contributed by atoms with van der Waals surface area (Å²) in [6.07, 6.45) is 1.91. The van der Waals surface area contributed by atoms with Gasteiger partial charge in [-0.3, -0.25) is 4.57 Å². The second-order valence-corrected chi connectivity index (χ2v) is 3.27. The van der Waals surface area contributed by atoms with Crippen LogP contribution in [0.1, 0.15) is 6.42 Å². The molecular weight excluding hydrogens is 212 g/mol. The van der Waals surface area contributed by atoms with Gasteiger partial charge in [0.05, 0.1) is 19.8 Å². The minimum Gasteiger partial charge on any atom is -0.481 e. The monoisotopic (exact) mass is 228 g/mol. The van der Waals surface area contributed by atoms with Crippen molar-refractivity contribution >= 4 is 0 Å². The van der Waals surface area contributed by atoms with Crippen molar-refractivity contribution in [2.75, 3.05) is 20.8 Å². The van der Waals surface area contributed by atoms with E-state index in [0.717, 1.165) is 0 Å². The highest BCUT2D eigenvalue weighted by molar-refractivity contribution is 5.05. The van der Waals surface area contributed by atoms with Crippen LogP contribution in [0.25, 0.3) is 0 Å². The molecule has 0 spiro atoms. The molecule has 0 bridgehead atoms. The molecule has 90 valence electrons. The minimum absolute atomic E-state index is 0.0607. The fourth-order valence-corrected chi connectivity index (χ4v) is 1.26. The van der Waals surface area contributed by atoms with E-state index in [1.807, 2.05) is 0 Å². The highest BCUT2D eigenvalue weighted by Gasteiger charge is 2.07. The van der Waals surface area contributed by atoms with E-state index in [0.29, 0.717) is 18.8 Å². The Balaban J connectivity index is 2.64. The standard InChI is InChI=1S/C10H16N2O4/c1-15-8(7-13)3-5-12-6-4-9(16-2)11-10(12)14/h4,6,8,13H,3,5,7H2,1-2H3. The summed E-state index contributed by atoms with van der Waals surface area (Å²) >= 11 is 0. The first-order valence-electron chi connectivity index (χ1n) is 4.96. The molecule has 0 radical (unpaired) electrons. The number of ether oxygens (including phenoxy) is 2. The molecule has 0 aromatic carbocycles. The lowest BCUT2D eigenvalue weighted by Crippen LogP contribution is -2.26. The molecule has 1 atom stereocenters. The van der Waals surface area contributed by atoms with E-state index in [9.17, 15) is 4.79 Å². The van der Waals surface area contributed by atoms with Crippen LogP contribution in [0.5, 0.6) is 5.88 Å². The fourth-order valence-electron chi connectivity index (χ4n) is 1.26. The minimum atomic E-state index is -0.368. The number of aliphatic hydroxyl groups is 1. The first-order valence-corrected chi connectivity index (χ1v) is 4.96. The number of aliphatic hydroxyl groups excluding tert-OH is 1. The summed E-state index contributed by atoms with van der Waals surface area (Å²) < 4.78 is 11.3. The van der Waals surface area contributed by atoms with Crippen molar-refractivity contribution in [1.82, 2.24) is 9.55 Å². The molecule has 1 aromatic heterocycles. The van der Waals surface area contributed by atoms with Crippen molar-refractivity contribution < 1.29 is 14.6 Å². The number of rotatable bonds is 6. The molecule has 0 amide bonds. The third-order valence-corrected chi connectivity index (χ3v) is 2.29. The lowest BCUT2D eigenvalue weighted by molar-refractivity contribution is 0.0401. The molecule has 1 heterocycles. The Morgan fingerprint density at radius 3 is 2.81 bits per heavy atom. The van der Waals surface area contributed by atoms with Gasteiger partial charge in [0.2, 0.25) is 5.88 Å². The molecule has 0 aliphatic rings. The molecule has 1 rings (SSSR count). The van der Waals surface area contributed by atoms with Crippen LogP contribution in [-0.4, -0.2) is 41.6 Å². The Kier molecular flexibility index (Phi) is 4.94. The van der Waals surface area contributed by atoms with Gasteiger partial charge in [0.1, 0.15) is 0 Å². The van der Waals surface area contributed by atoms with Crippen molar-refractivity contribution in [2.24, 2.45) is 0 Å². The summed E-state index contributed by atoms with van der Waals surface area (Å²) in [5.41, 5.74) is -0.368. The second kappa shape index (κ2) is 6.24. The highest BCUT2D eigenvalue weighted by atomic mass is 16.5. The number of methoxy groups -OCH3 is 2. The molecule has 1 unspecified atom stereocenters. The lowest BCUT2D eigenvalue weighted by Gasteiger charge is -2.12. The van der Waals surface area contributed by atoms with Gasteiger partial charge < -0.3 is 14.6 Å². The zero-order valence-electron chi connectivity index (χ0n) is 9.42. The normalized spacial score (nSPS) is 12.4. The van der Waals surface area contributed by atoms with Gasteiger partial charge in [-0.15, -0.1) is 0 Å². The molecular formula is C10H16N2O4.